The molecule has 0 radical (unpaired) electrons. The highest BCUT2D eigenvalue weighted by Gasteiger charge is 2.36. The number of hydrogen-bond acceptors (Lipinski definition) is 7. The van der Waals surface area contributed by atoms with Crippen molar-refractivity contribution >= 4 is 57.5 Å². The van der Waals surface area contributed by atoms with E-state index < -0.39 is 23.7 Å². The van der Waals surface area contributed by atoms with Crippen LogP contribution in [-0.4, -0.2) is 47.4 Å². The number of benzene rings is 1. The second kappa shape index (κ2) is 7.88. The normalized spacial score (nSPS) is 16.0. The fourth-order valence-corrected chi connectivity index (χ4v) is 3.39. The van der Waals surface area contributed by atoms with Gasteiger partial charge in [0.1, 0.15) is 6.54 Å². The van der Waals surface area contributed by atoms with E-state index in [-0.39, 0.29) is 10.7 Å². The molecule has 0 saturated carbocycles. The summed E-state index contributed by atoms with van der Waals surface area (Å²) in [5.41, 5.74) is 0.601. The lowest BCUT2D eigenvalue weighted by atomic mass is 10.2. The smallest absolute Gasteiger partial charge is 0.325 e. The van der Waals surface area contributed by atoms with Gasteiger partial charge in [-0.3, -0.25) is 19.3 Å². The topological polar surface area (TPSA) is 93.1 Å². The maximum atomic E-state index is 12.3. The van der Waals surface area contributed by atoms with Crippen molar-refractivity contribution in [3.05, 3.63) is 26.2 Å². The van der Waals surface area contributed by atoms with Crippen LogP contribution in [0.15, 0.2) is 17.0 Å². The number of carbonyl (C=O) groups excluding carboxylic acids is 3. The predicted octanol–water partition coefficient (Wildman–Crippen LogP) is 2.60. The molecular weight excluding hydrogens is 449 g/mol. The lowest BCUT2D eigenvalue weighted by molar-refractivity contribution is -0.143. The van der Waals surface area contributed by atoms with Crippen LogP contribution in [0.5, 0.6) is 11.5 Å². The summed E-state index contributed by atoms with van der Waals surface area (Å²) in [6, 6.07) is 3.24. The Balaban J connectivity index is 2.30. The Hall–Kier alpha value is -1.75. The van der Waals surface area contributed by atoms with Gasteiger partial charge in [0.15, 0.2) is 11.5 Å². The first kappa shape index (κ1) is 18.6. The largest absolute Gasteiger partial charge is 0.504 e. The number of thioether (sulfide) groups is 1. The van der Waals surface area contributed by atoms with E-state index in [1.54, 1.807) is 19.1 Å². The van der Waals surface area contributed by atoms with E-state index in [1.165, 1.54) is 13.2 Å². The number of halogens is 1. The number of esters is 1. The van der Waals surface area contributed by atoms with Gasteiger partial charge in [0.25, 0.3) is 11.1 Å². The highest BCUT2D eigenvalue weighted by atomic mass is 127. The minimum Gasteiger partial charge on any atom is -0.504 e. The quantitative estimate of drug-likeness (QED) is 0.408. The highest BCUT2D eigenvalue weighted by Crippen LogP contribution is 2.36. The summed E-state index contributed by atoms with van der Waals surface area (Å²) in [5, 5.41) is 9.41. The Bertz CT molecular complexity index is 733. The van der Waals surface area contributed by atoms with Crippen molar-refractivity contribution in [1.82, 2.24) is 4.90 Å². The maximum absolute atomic E-state index is 12.3. The van der Waals surface area contributed by atoms with Crippen LogP contribution in [0.1, 0.15) is 12.5 Å². The van der Waals surface area contributed by atoms with Gasteiger partial charge in [-0.2, -0.15) is 0 Å². The molecular formula is C15H14INO6S. The number of hydrogen-bond donors (Lipinski definition) is 1. The molecule has 2 rings (SSSR count). The Kier molecular flexibility index (Phi) is 6.10. The number of phenols is 1. The number of rotatable bonds is 5. The molecule has 1 aromatic carbocycles. The molecule has 1 N–H and O–H groups in total. The number of aromatic hydroxyl groups is 1. The van der Waals surface area contributed by atoms with Gasteiger partial charge in [0, 0.05) is 0 Å². The number of nitrogens with zero attached hydrogens (tertiary/aromatic N) is 1. The number of phenolic OH excluding ortho intramolecular Hbond substituents is 1. The molecule has 1 aliphatic rings. The van der Waals surface area contributed by atoms with Crippen LogP contribution in [0.4, 0.5) is 4.79 Å². The number of amides is 2. The molecule has 1 aliphatic heterocycles. The van der Waals surface area contributed by atoms with Gasteiger partial charge in [0.05, 0.1) is 22.2 Å². The molecule has 9 heteroatoms. The zero-order valence-corrected chi connectivity index (χ0v) is 15.8. The van der Waals surface area contributed by atoms with E-state index >= 15 is 0 Å². The van der Waals surface area contributed by atoms with Gasteiger partial charge in [0.2, 0.25) is 0 Å². The number of ether oxygens (including phenoxy) is 2. The molecule has 0 spiro atoms. The third-order valence-corrected chi connectivity index (χ3v) is 4.77. The molecule has 1 saturated heterocycles. The van der Waals surface area contributed by atoms with E-state index in [9.17, 15) is 19.5 Å². The first-order valence-corrected chi connectivity index (χ1v) is 8.74. The van der Waals surface area contributed by atoms with Crippen LogP contribution < -0.4 is 4.74 Å². The summed E-state index contributed by atoms with van der Waals surface area (Å²) in [4.78, 5) is 36.4. The molecule has 0 bridgehead atoms. The van der Waals surface area contributed by atoms with Crippen molar-refractivity contribution in [1.29, 1.82) is 0 Å². The summed E-state index contributed by atoms with van der Waals surface area (Å²) in [5.74, 6) is -0.911. The fourth-order valence-electron chi connectivity index (χ4n) is 1.92. The first-order chi connectivity index (χ1) is 11.4. The van der Waals surface area contributed by atoms with Crippen LogP contribution in [0.3, 0.4) is 0 Å². The third kappa shape index (κ3) is 4.01. The van der Waals surface area contributed by atoms with Crippen molar-refractivity contribution in [2.45, 2.75) is 6.92 Å². The minimum absolute atomic E-state index is 0.0217. The summed E-state index contributed by atoms with van der Waals surface area (Å²) < 4.78 is 10.4. The predicted molar refractivity (Wildman–Crippen MR) is 96.7 cm³/mol. The van der Waals surface area contributed by atoms with Gasteiger partial charge in [-0.15, -0.1) is 0 Å². The van der Waals surface area contributed by atoms with Crippen molar-refractivity contribution in [3.8, 4) is 11.5 Å². The molecule has 24 heavy (non-hydrogen) atoms. The van der Waals surface area contributed by atoms with E-state index in [0.717, 1.165) is 16.7 Å². The average molecular weight is 463 g/mol. The van der Waals surface area contributed by atoms with Crippen LogP contribution in [0, 0.1) is 3.57 Å². The zero-order valence-electron chi connectivity index (χ0n) is 12.9. The molecule has 0 atom stereocenters. The summed E-state index contributed by atoms with van der Waals surface area (Å²) >= 11 is 2.69. The Morgan fingerprint density at radius 3 is 2.75 bits per heavy atom. The molecule has 0 aliphatic carbocycles. The van der Waals surface area contributed by atoms with Crippen molar-refractivity contribution < 1.29 is 29.0 Å². The average Bonchev–Trinajstić information content (AvgIpc) is 2.79. The molecule has 1 aromatic rings. The highest BCUT2D eigenvalue weighted by molar-refractivity contribution is 14.1. The van der Waals surface area contributed by atoms with Crippen molar-refractivity contribution in [2.24, 2.45) is 0 Å². The third-order valence-electron chi connectivity index (χ3n) is 3.04. The summed E-state index contributed by atoms with van der Waals surface area (Å²) in [6.45, 7) is 1.75. The molecule has 1 fully saturated rings. The number of carbonyl (C=O) groups is 3. The fraction of sp³-hybridized carbons (Fsp3) is 0.267. The van der Waals surface area contributed by atoms with E-state index in [0.29, 0.717) is 21.5 Å². The van der Waals surface area contributed by atoms with E-state index in [1.807, 2.05) is 22.6 Å². The standard InChI is InChI=1S/C15H14INO6S/c1-3-23-10-5-8(4-9(16)13(10)19)6-11-14(20)17(15(21)24-11)7-12(18)22-2/h4-6,19H,3,7H2,1-2H3. The Morgan fingerprint density at radius 1 is 1.42 bits per heavy atom. The Labute approximate surface area is 156 Å². The second-order valence-corrected chi connectivity index (χ2v) is 6.78. The molecule has 0 aromatic heterocycles. The van der Waals surface area contributed by atoms with Crippen LogP contribution in [0.2, 0.25) is 0 Å². The number of imide groups is 1. The SMILES string of the molecule is CCOc1cc(C=C2SC(=O)N(CC(=O)OC)C2=O)cc(I)c1O. The van der Waals surface area contributed by atoms with Gasteiger partial charge in [-0.1, -0.05) is 0 Å². The molecule has 0 unspecified atom stereocenters. The Morgan fingerprint density at radius 2 is 2.12 bits per heavy atom. The van der Waals surface area contributed by atoms with Gasteiger partial charge in [-0.05, 0) is 65.0 Å². The van der Waals surface area contributed by atoms with Crippen molar-refractivity contribution in [3.63, 3.8) is 0 Å². The van der Waals surface area contributed by atoms with E-state index in [2.05, 4.69) is 4.74 Å². The lowest BCUT2D eigenvalue weighted by Gasteiger charge is -2.10. The van der Waals surface area contributed by atoms with Gasteiger partial charge < -0.3 is 14.6 Å². The van der Waals surface area contributed by atoms with Crippen LogP contribution in [-0.2, 0) is 14.3 Å². The summed E-state index contributed by atoms with van der Waals surface area (Å²) in [6.07, 6.45) is 1.52. The lowest BCUT2D eigenvalue weighted by Crippen LogP contribution is -2.34. The van der Waals surface area contributed by atoms with Gasteiger partial charge in [-0.25, -0.2) is 0 Å². The molecule has 128 valence electrons. The van der Waals surface area contributed by atoms with Gasteiger partial charge >= 0.3 is 5.97 Å². The summed E-state index contributed by atoms with van der Waals surface area (Å²) in [7, 11) is 1.19. The first-order valence-electron chi connectivity index (χ1n) is 6.84. The van der Waals surface area contributed by atoms with Crippen molar-refractivity contribution in [2.75, 3.05) is 20.3 Å². The minimum atomic E-state index is -0.670. The number of methoxy groups -OCH3 is 1. The molecule has 1 heterocycles. The molecule has 2 amide bonds. The monoisotopic (exact) mass is 463 g/mol. The van der Waals surface area contributed by atoms with E-state index in [4.69, 9.17) is 4.74 Å². The van der Waals surface area contributed by atoms with Crippen LogP contribution >= 0.6 is 34.4 Å². The zero-order chi connectivity index (χ0) is 17.9. The second-order valence-electron chi connectivity index (χ2n) is 4.63. The molecule has 7 nitrogen and oxygen atoms in total. The van der Waals surface area contributed by atoms with Crippen LogP contribution in [0.25, 0.3) is 6.08 Å². The maximum Gasteiger partial charge on any atom is 0.325 e.